The third kappa shape index (κ3) is 5.50. The van der Waals surface area contributed by atoms with Crippen molar-refractivity contribution in [3.63, 3.8) is 0 Å². The Morgan fingerprint density at radius 1 is 1.12 bits per heavy atom. The quantitative estimate of drug-likeness (QED) is 0.434. The highest BCUT2D eigenvalue weighted by Gasteiger charge is 2.30. The van der Waals surface area contributed by atoms with Crippen LogP contribution in [0.1, 0.15) is 16.8 Å². The van der Waals surface area contributed by atoms with Gasteiger partial charge in [-0.15, -0.1) is 0 Å². The molecule has 0 saturated heterocycles. The Labute approximate surface area is 186 Å². The van der Waals surface area contributed by atoms with Gasteiger partial charge in [-0.2, -0.15) is 13.2 Å². The summed E-state index contributed by atoms with van der Waals surface area (Å²) in [6.45, 7) is 2.26. The van der Waals surface area contributed by atoms with Crippen LogP contribution in [-0.2, 0) is 12.7 Å². The van der Waals surface area contributed by atoms with Gasteiger partial charge in [0.2, 0.25) is 11.8 Å². The molecule has 4 rings (SSSR count). The number of rotatable bonds is 5. The first kappa shape index (κ1) is 21.9. The number of nitrogens with zero attached hydrogens (tertiary/aromatic N) is 4. The maximum absolute atomic E-state index is 12.8. The molecule has 2 heterocycles. The zero-order valence-electron chi connectivity index (χ0n) is 17.3. The van der Waals surface area contributed by atoms with Crippen molar-refractivity contribution in [2.45, 2.75) is 19.6 Å². The van der Waals surface area contributed by atoms with E-state index in [0.717, 1.165) is 34.5 Å². The molecule has 0 aliphatic heterocycles. The fraction of sp³-hybridized carbons (Fsp3) is 0.136. The van der Waals surface area contributed by atoms with E-state index < -0.39 is 17.8 Å². The van der Waals surface area contributed by atoms with E-state index >= 15 is 0 Å². The highest BCUT2D eigenvalue weighted by molar-refractivity contribution is 5.98. The van der Waals surface area contributed by atoms with E-state index in [2.05, 4.69) is 25.9 Å². The summed E-state index contributed by atoms with van der Waals surface area (Å²) < 4.78 is 45.0. The summed E-state index contributed by atoms with van der Waals surface area (Å²) in [5.41, 5.74) is 2.78. The lowest BCUT2D eigenvalue weighted by Gasteiger charge is -2.09. The van der Waals surface area contributed by atoms with Crippen molar-refractivity contribution in [3.05, 3.63) is 84.1 Å². The number of hydrogen-bond acceptors (Lipinski definition) is 5. The summed E-state index contributed by atoms with van der Waals surface area (Å²) in [5, 5.41) is 8.60. The molecular weight excluding hydrogens is 437 g/mol. The first-order valence-corrected chi connectivity index (χ1v) is 9.75. The minimum atomic E-state index is -4.51. The molecule has 4 aromatic rings. The molecule has 11 heteroatoms. The molecule has 0 radical (unpaired) electrons. The number of hydrogen-bond donors (Lipinski definition) is 2. The predicted molar refractivity (Wildman–Crippen MR) is 112 cm³/mol. The number of urea groups is 1. The maximum atomic E-state index is 12.8. The van der Waals surface area contributed by atoms with E-state index in [1.807, 2.05) is 31.2 Å². The number of nitrogens with one attached hydrogen (secondary N) is 2. The topological polar surface area (TPSA) is 96.8 Å². The lowest BCUT2D eigenvalue weighted by Crippen LogP contribution is -2.35. The molecule has 8 nitrogen and oxygen atoms in total. The lowest BCUT2D eigenvalue weighted by atomic mass is 10.0. The molecule has 2 aromatic heterocycles. The molecule has 0 fully saturated rings. The van der Waals surface area contributed by atoms with Crippen LogP contribution in [0.2, 0.25) is 0 Å². The van der Waals surface area contributed by atoms with Crippen LogP contribution in [0.5, 0.6) is 0 Å². The molecule has 0 unspecified atom stereocenters. The minimum absolute atomic E-state index is 0.00767. The van der Waals surface area contributed by atoms with Crippen LogP contribution >= 0.6 is 0 Å². The van der Waals surface area contributed by atoms with Crippen LogP contribution in [0.3, 0.4) is 0 Å². The second kappa shape index (κ2) is 9.07. The van der Waals surface area contributed by atoms with Crippen LogP contribution in [0.25, 0.3) is 11.1 Å². The van der Waals surface area contributed by atoms with E-state index in [-0.39, 0.29) is 11.6 Å². The third-order valence-electron chi connectivity index (χ3n) is 4.69. The number of aromatic nitrogens is 4. The number of anilines is 2. The highest BCUT2D eigenvalue weighted by Crippen LogP contribution is 2.30. The smallest absolute Gasteiger partial charge is 0.308 e. The van der Waals surface area contributed by atoms with Gasteiger partial charge in [0.15, 0.2) is 0 Å². The van der Waals surface area contributed by atoms with Gasteiger partial charge in [-0.05, 0) is 41.4 Å². The van der Waals surface area contributed by atoms with Crippen molar-refractivity contribution in [3.8, 4) is 11.1 Å². The predicted octanol–water partition coefficient (Wildman–Crippen LogP) is 4.44. The Hall–Kier alpha value is -4.28. The van der Waals surface area contributed by atoms with Crippen LogP contribution in [0.15, 0.2) is 71.8 Å². The second-order valence-electron chi connectivity index (χ2n) is 7.14. The molecule has 2 N–H and O–H groups in total. The van der Waals surface area contributed by atoms with Crippen molar-refractivity contribution < 1.29 is 27.2 Å². The Kier molecular flexibility index (Phi) is 6.03. The van der Waals surface area contributed by atoms with Gasteiger partial charge in [0, 0.05) is 28.7 Å². The first-order valence-electron chi connectivity index (χ1n) is 9.75. The van der Waals surface area contributed by atoms with Crippen molar-refractivity contribution in [1.82, 2.24) is 15.2 Å². The molecule has 0 bridgehead atoms. The normalized spacial score (nSPS) is 11.3. The molecular formula is C22H18F3N6O2+. The summed E-state index contributed by atoms with van der Waals surface area (Å²) in [5.74, 6) is 0.0305. The summed E-state index contributed by atoms with van der Waals surface area (Å²) in [6, 6.07) is 11.3. The van der Waals surface area contributed by atoms with Gasteiger partial charge in [0.1, 0.15) is 6.33 Å². The minimum Gasteiger partial charge on any atom is -0.308 e. The second-order valence-corrected chi connectivity index (χ2v) is 7.14. The molecule has 0 aliphatic carbocycles. The van der Waals surface area contributed by atoms with Crippen LogP contribution in [-0.4, -0.2) is 21.3 Å². The Balaban J connectivity index is 1.40. The summed E-state index contributed by atoms with van der Waals surface area (Å²) in [4.78, 5) is 20.4. The number of benzene rings is 2. The summed E-state index contributed by atoms with van der Waals surface area (Å²) >= 11 is 0. The molecule has 2 amide bonds. The Morgan fingerprint density at radius 2 is 1.94 bits per heavy atom. The molecule has 2 aromatic carbocycles. The zero-order valence-corrected chi connectivity index (χ0v) is 17.3. The Bertz CT molecular complexity index is 1290. The number of alkyl halides is 3. The van der Waals surface area contributed by atoms with Crippen LogP contribution < -0.4 is 15.3 Å². The summed E-state index contributed by atoms with van der Waals surface area (Å²) in [7, 11) is 0. The standard InChI is InChI=1S/C22H17F3N6O2/c1-14-19(10-26-13-27-14)16-5-2-4-15(8-16)11-31-12-20(33-30-31)29-21(32)28-18-7-3-6-17(9-18)22(23,24)25/h2-10,12-13H,11H2,1H3,(H-,28,29,30,32)/p+1. The molecule has 0 saturated carbocycles. The van der Waals surface area contributed by atoms with Crippen LogP contribution in [0, 0.1) is 6.92 Å². The number of halogens is 3. The van der Waals surface area contributed by atoms with Crippen molar-refractivity contribution >= 4 is 17.6 Å². The molecule has 0 spiro atoms. The van der Waals surface area contributed by atoms with Gasteiger partial charge in [-0.1, -0.05) is 24.3 Å². The highest BCUT2D eigenvalue weighted by atomic mass is 19.4. The Morgan fingerprint density at radius 3 is 2.73 bits per heavy atom. The van der Waals surface area contributed by atoms with E-state index in [9.17, 15) is 18.0 Å². The first-order chi connectivity index (χ1) is 15.8. The monoisotopic (exact) mass is 455 g/mol. The van der Waals surface area contributed by atoms with E-state index in [4.69, 9.17) is 4.52 Å². The number of amides is 2. The van der Waals surface area contributed by atoms with Gasteiger partial charge in [-0.25, -0.2) is 14.8 Å². The van der Waals surface area contributed by atoms with Crippen molar-refractivity contribution in [2.24, 2.45) is 0 Å². The maximum Gasteiger partial charge on any atom is 0.416 e. The van der Waals surface area contributed by atoms with E-state index in [0.29, 0.717) is 6.54 Å². The lowest BCUT2D eigenvalue weighted by molar-refractivity contribution is -0.754. The number of aryl methyl sites for hydroxylation is 1. The largest absolute Gasteiger partial charge is 0.416 e. The van der Waals surface area contributed by atoms with Crippen molar-refractivity contribution in [1.29, 1.82) is 0 Å². The van der Waals surface area contributed by atoms with E-state index in [1.54, 1.807) is 6.20 Å². The van der Waals surface area contributed by atoms with Gasteiger partial charge in [0.05, 0.1) is 5.56 Å². The van der Waals surface area contributed by atoms with Gasteiger partial charge in [-0.3, -0.25) is 9.84 Å². The summed E-state index contributed by atoms with van der Waals surface area (Å²) in [6.07, 6.45) is 0.199. The molecule has 168 valence electrons. The fourth-order valence-electron chi connectivity index (χ4n) is 3.15. The van der Waals surface area contributed by atoms with Gasteiger partial charge >= 0.3 is 18.1 Å². The average Bonchev–Trinajstić information content (AvgIpc) is 3.20. The zero-order chi connectivity index (χ0) is 23.4. The third-order valence-corrected chi connectivity index (χ3v) is 4.69. The molecule has 0 atom stereocenters. The fourth-order valence-corrected chi connectivity index (χ4v) is 3.15. The number of carbonyl (C=O) groups is 1. The molecule has 0 aliphatic rings. The van der Waals surface area contributed by atoms with Gasteiger partial charge < -0.3 is 5.32 Å². The molecule has 33 heavy (non-hydrogen) atoms. The number of carbonyl (C=O) groups excluding carboxylic acids is 1. The van der Waals surface area contributed by atoms with Crippen molar-refractivity contribution in [2.75, 3.05) is 10.6 Å². The van der Waals surface area contributed by atoms with Gasteiger partial charge in [0.25, 0.3) is 6.20 Å². The SMILES string of the molecule is Cc1ncncc1-c1cccc(C[n+]2cc(NC(=O)Nc3cccc(C(F)(F)F)c3)on2)c1. The van der Waals surface area contributed by atoms with Crippen LogP contribution in [0.4, 0.5) is 29.5 Å². The average molecular weight is 455 g/mol. The van der Waals surface area contributed by atoms with E-state index in [1.165, 1.54) is 29.3 Å².